The largest absolute Gasteiger partial charge is 0.507 e. The van der Waals surface area contributed by atoms with Gasteiger partial charge in [0.1, 0.15) is 5.75 Å². The van der Waals surface area contributed by atoms with Crippen LogP contribution in [0.25, 0.3) is 0 Å². The number of rotatable bonds is 3. The van der Waals surface area contributed by atoms with Crippen LogP contribution in [0.2, 0.25) is 0 Å². The number of aryl methyl sites for hydroxylation is 2. The average Bonchev–Trinajstić information content (AvgIpc) is 2.54. The first kappa shape index (κ1) is 17.5. The van der Waals surface area contributed by atoms with E-state index >= 15 is 0 Å². The Hall–Kier alpha value is -2.35. The SMILES string of the molecule is CC(C)=CCc1c(C)cc(O)c2c1C[C@H](c1ccc(C)cc1)CC2=O. The van der Waals surface area contributed by atoms with Crippen LogP contribution in [0, 0.1) is 13.8 Å². The number of phenolic OH excluding ortho intramolecular Hbond substituents is 1. The van der Waals surface area contributed by atoms with Crippen molar-refractivity contribution in [2.75, 3.05) is 0 Å². The minimum absolute atomic E-state index is 0.0581. The highest BCUT2D eigenvalue weighted by molar-refractivity contribution is 6.02. The molecule has 2 aromatic carbocycles. The quantitative estimate of drug-likeness (QED) is 0.760. The lowest BCUT2D eigenvalue weighted by molar-refractivity contribution is 0.0961. The number of hydrogen-bond acceptors (Lipinski definition) is 2. The van der Waals surface area contributed by atoms with Crippen LogP contribution in [0.5, 0.6) is 5.75 Å². The molecule has 2 nitrogen and oxygen atoms in total. The molecule has 0 aliphatic heterocycles. The topological polar surface area (TPSA) is 37.3 Å². The van der Waals surface area contributed by atoms with Crippen LogP contribution in [-0.2, 0) is 12.8 Å². The Morgan fingerprint density at radius 3 is 2.48 bits per heavy atom. The zero-order valence-electron chi connectivity index (χ0n) is 15.5. The standard InChI is InChI=1S/C23H26O2/c1-14(2)5-10-19-16(4)11-21(24)23-20(19)12-18(13-22(23)25)17-8-6-15(3)7-9-17/h5-9,11,18,24H,10,12-13H2,1-4H3/t18-/m0/s1. The van der Waals surface area contributed by atoms with Gasteiger partial charge in [-0.25, -0.2) is 0 Å². The van der Waals surface area contributed by atoms with E-state index in [1.54, 1.807) is 6.07 Å². The van der Waals surface area contributed by atoms with Crippen LogP contribution in [0.4, 0.5) is 0 Å². The number of benzene rings is 2. The Bertz CT molecular complexity index is 837. The van der Waals surface area contributed by atoms with Gasteiger partial charge in [0, 0.05) is 6.42 Å². The molecule has 1 aliphatic carbocycles. The van der Waals surface area contributed by atoms with Crippen molar-refractivity contribution < 1.29 is 9.90 Å². The number of carbonyl (C=O) groups is 1. The van der Waals surface area contributed by atoms with Gasteiger partial charge in [0.15, 0.2) is 5.78 Å². The Kier molecular flexibility index (Phi) is 4.80. The maximum Gasteiger partial charge on any atom is 0.167 e. The molecule has 0 spiro atoms. The van der Waals surface area contributed by atoms with Crippen LogP contribution in [-0.4, -0.2) is 10.9 Å². The Labute approximate surface area is 150 Å². The number of hydrogen-bond donors (Lipinski definition) is 1. The highest BCUT2D eigenvalue weighted by Gasteiger charge is 2.31. The number of Topliss-reactive ketones (excluding diaryl/α,β-unsaturated/α-hetero) is 1. The maximum absolute atomic E-state index is 12.8. The summed E-state index contributed by atoms with van der Waals surface area (Å²) in [6.45, 7) is 8.27. The van der Waals surface area contributed by atoms with E-state index in [2.05, 4.69) is 51.1 Å². The van der Waals surface area contributed by atoms with Crippen molar-refractivity contribution in [2.24, 2.45) is 0 Å². The third kappa shape index (κ3) is 3.53. The van der Waals surface area contributed by atoms with E-state index in [0.29, 0.717) is 12.0 Å². The molecule has 0 saturated heterocycles. The molecule has 0 amide bonds. The Morgan fingerprint density at radius 1 is 1.16 bits per heavy atom. The summed E-state index contributed by atoms with van der Waals surface area (Å²) in [5, 5.41) is 10.4. The number of phenols is 1. The molecule has 2 heteroatoms. The van der Waals surface area contributed by atoms with Crippen LogP contribution in [0.3, 0.4) is 0 Å². The smallest absolute Gasteiger partial charge is 0.167 e. The van der Waals surface area contributed by atoms with E-state index in [9.17, 15) is 9.90 Å². The maximum atomic E-state index is 12.8. The van der Waals surface area contributed by atoms with Crippen LogP contribution in [0.15, 0.2) is 42.0 Å². The van der Waals surface area contributed by atoms with Crippen LogP contribution < -0.4 is 0 Å². The number of fused-ring (bicyclic) bond motifs is 1. The molecule has 0 heterocycles. The molecule has 3 rings (SSSR count). The van der Waals surface area contributed by atoms with Crippen molar-refractivity contribution in [2.45, 2.75) is 52.9 Å². The lowest BCUT2D eigenvalue weighted by atomic mass is 9.76. The molecule has 25 heavy (non-hydrogen) atoms. The van der Waals surface area contributed by atoms with Gasteiger partial charge < -0.3 is 5.11 Å². The lowest BCUT2D eigenvalue weighted by Crippen LogP contribution is -2.21. The van der Waals surface area contributed by atoms with Crippen molar-refractivity contribution in [1.29, 1.82) is 0 Å². The summed E-state index contributed by atoms with van der Waals surface area (Å²) in [6, 6.07) is 10.2. The van der Waals surface area contributed by atoms with Gasteiger partial charge in [0.25, 0.3) is 0 Å². The summed E-state index contributed by atoms with van der Waals surface area (Å²) < 4.78 is 0. The van der Waals surface area contributed by atoms with Gasteiger partial charge in [-0.1, -0.05) is 41.5 Å². The summed E-state index contributed by atoms with van der Waals surface area (Å²) in [4.78, 5) is 12.8. The summed E-state index contributed by atoms with van der Waals surface area (Å²) in [5.41, 5.74) is 7.54. The van der Waals surface area contributed by atoms with E-state index in [0.717, 1.165) is 24.0 Å². The molecule has 2 aromatic rings. The fourth-order valence-electron chi connectivity index (χ4n) is 3.75. The molecule has 130 valence electrons. The van der Waals surface area contributed by atoms with Gasteiger partial charge >= 0.3 is 0 Å². The molecule has 1 aliphatic rings. The number of allylic oxidation sites excluding steroid dienone is 2. The van der Waals surface area contributed by atoms with Gasteiger partial charge in [-0.2, -0.15) is 0 Å². The molecule has 0 radical (unpaired) electrons. The number of ketones is 1. The van der Waals surface area contributed by atoms with Gasteiger partial charge in [-0.3, -0.25) is 4.79 Å². The second-order valence-corrected chi connectivity index (χ2v) is 7.47. The zero-order valence-corrected chi connectivity index (χ0v) is 15.5. The first-order chi connectivity index (χ1) is 11.9. The van der Waals surface area contributed by atoms with Crippen molar-refractivity contribution >= 4 is 5.78 Å². The molecule has 0 unspecified atom stereocenters. The highest BCUT2D eigenvalue weighted by atomic mass is 16.3. The Balaban J connectivity index is 2.07. The van der Waals surface area contributed by atoms with Crippen molar-refractivity contribution in [1.82, 2.24) is 0 Å². The van der Waals surface area contributed by atoms with E-state index in [-0.39, 0.29) is 17.5 Å². The predicted molar refractivity (Wildman–Crippen MR) is 103 cm³/mol. The van der Waals surface area contributed by atoms with E-state index in [1.807, 2.05) is 6.92 Å². The van der Waals surface area contributed by atoms with Crippen molar-refractivity contribution in [3.63, 3.8) is 0 Å². The fraction of sp³-hybridized carbons (Fsp3) is 0.348. The Morgan fingerprint density at radius 2 is 1.84 bits per heavy atom. The average molecular weight is 334 g/mol. The third-order valence-corrected chi connectivity index (χ3v) is 5.18. The minimum Gasteiger partial charge on any atom is -0.507 e. The van der Waals surface area contributed by atoms with Gasteiger partial charge in [-0.05, 0) is 74.8 Å². The van der Waals surface area contributed by atoms with Gasteiger partial charge in [0.05, 0.1) is 5.56 Å². The normalized spacial score (nSPS) is 16.5. The van der Waals surface area contributed by atoms with Crippen LogP contribution in [0.1, 0.15) is 64.4 Å². The highest BCUT2D eigenvalue weighted by Crippen LogP contribution is 2.39. The molecule has 0 saturated carbocycles. The molecular weight excluding hydrogens is 308 g/mol. The first-order valence-electron chi connectivity index (χ1n) is 8.94. The van der Waals surface area contributed by atoms with Gasteiger partial charge in [-0.15, -0.1) is 0 Å². The monoisotopic (exact) mass is 334 g/mol. The second kappa shape index (κ2) is 6.87. The molecule has 0 fully saturated rings. The lowest BCUT2D eigenvalue weighted by Gasteiger charge is -2.28. The molecule has 1 N–H and O–H groups in total. The summed E-state index contributed by atoms with van der Waals surface area (Å²) in [5.74, 6) is 0.385. The fourth-order valence-corrected chi connectivity index (χ4v) is 3.75. The molecular formula is C23H26O2. The first-order valence-corrected chi connectivity index (χ1v) is 8.94. The molecule has 0 aromatic heterocycles. The predicted octanol–water partition coefficient (Wildman–Crippen LogP) is 5.43. The minimum atomic E-state index is 0.0581. The number of carbonyl (C=O) groups excluding carboxylic acids is 1. The van der Waals surface area contributed by atoms with E-state index < -0.39 is 0 Å². The summed E-state index contributed by atoms with van der Waals surface area (Å²) >= 11 is 0. The van der Waals surface area contributed by atoms with E-state index in [4.69, 9.17) is 0 Å². The third-order valence-electron chi connectivity index (χ3n) is 5.18. The van der Waals surface area contributed by atoms with Crippen molar-refractivity contribution in [3.05, 3.63) is 75.4 Å². The second-order valence-electron chi connectivity index (χ2n) is 7.47. The summed E-state index contributed by atoms with van der Waals surface area (Å²) in [7, 11) is 0. The zero-order chi connectivity index (χ0) is 18.1. The van der Waals surface area contributed by atoms with E-state index in [1.165, 1.54) is 22.3 Å². The van der Waals surface area contributed by atoms with Crippen molar-refractivity contribution in [3.8, 4) is 5.75 Å². The molecule has 0 bridgehead atoms. The van der Waals surface area contributed by atoms with Gasteiger partial charge in [0.2, 0.25) is 0 Å². The molecule has 1 atom stereocenters. The number of aromatic hydroxyl groups is 1. The summed E-state index contributed by atoms with van der Waals surface area (Å²) in [6.07, 6.45) is 4.28. The van der Waals surface area contributed by atoms with Crippen LogP contribution >= 0.6 is 0 Å².